The first-order chi connectivity index (χ1) is 12.5. The van der Waals surface area contributed by atoms with Gasteiger partial charge in [-0.15, -0.1) is 11.8 Å². The average molecular weight is 375 g/mol. The summed E-state index contributed by atoms with van der Waals surface area (Å²) in [6.45, 7) is 3.53. The van der Waals surface area contributed by atoms with Crippen molar-refractivity contribution in [3.05, 3.63) is 53.8 Å². The zero-order valence-corrected chi connectivity index (χ0v) is 15.7. The van der Waals surface area contributed by atoms with Crippen molar-refractivity contribution in [2.24, 2.45) is 0 Å². The highest BCUT2D eigenvalue weighted by Gasteiger charge is 2.20. The number of hydrogen-bond donors (Lipinski definition) is 0. The summed E-state index contributed by atoms with van der Waals surface area (Å²) in [6, 6.07) is 12.1. The Morgan fingerprint density at radius 2 is 1.96 bits per heavy atom. The van der Waals surface area contributed by atoms with Crippen LogP contribution in [0, 0.1) is 5.82 Å². The fourth-order valence-corrected chi connectivity index (χ4v) is 3.78. The van der Waals surface area contributed by atoms with Crippen LogP contribution in [-0.2, 0) is 11.3 Å². The molecule has 1 amide bonds. The van der Waals surface area contributed by atoms with Gasteiger partial charge in [-0.3, -0.25) is 4.79 Å². The second-order valence-corrected chi connectivity index (χ2v) is 7.66. The van der Waals surface area contributed by atoms with Gasteiger partial charge in [0, 0.05) is 24.9 Å². The van der Waals surface area contributed by atoms with Crippen molar-refractivity contribution in [1.82, 2.24) is 4.90 Å². The monoisotopic (exact) mass is 375 g/mol. The van der Waals surface area contributed by atoms with Gasteiger partial charge in [0.05, 0.1) is 18.5 Å². The topological polar surface area (TPSA) is 38.8 Å². The molecule has 4 nitrogen and oxygen atoms in total. The van der Waals surface area contributed by atoms with Gasteiger partial charge in [0.1, 0.15) is 5.82 Å². The van der Waals surface area contributed by atoms with Crippen LogP contribution in [0.2, 0.25) is 0 Å². The van der Waals surface area contributed by atoms with E-state index < -0.39 is 0 Å². The molecule has 2 aromatic rings. The lowest BCUT2D eigenvalue weighted by Gasteiger charge is -2.21. The molecule has 2 aromatic carbocycles. The predicted molar refractivity (Wildman–Crippen MR) is 100 cm³/mol. The Hall–Kier alpha value is -2.21. The molecule has 0 bridgehead atoms. The fraction of sp³-hybridized carbons (Fsp3) is 0.350. The van der Waals surface area contributed by atoms with Crippen LogP contribution < -0.4 is 9.47 Å². The lowest BCUT2D eigenvalue weighted by atomic mass is 10.2. The lowest BCUT2D eigenvalue weighted by Crippen LogP contribution is -2.32. The summed E-state index contributed by atoms with van der Waals surface area (Å²) in [5, 5.41) is -0.265. The van der Waals surface area contributed by atoms with Crippen LogP contribution in [-0.4, -0.2) is 36.3 Å². The molecule has 3 rings (SSSR count). The molecular weight excluding hydrogens is 353 g/mol. The third kappa shape index (κ3) is 4.69. The highest BCUT2D eigenvalue weighted by Crippen LogP contribution is 2.35. The van der Waals surface area contributed by atoms with Gasteiger partial charge in [-0.25, -0.2) is 4.39 Å². The minimum atomic E-state index is -0.294. The first kappa shape index (κ1) is 18.6. The van der Waals surface area contributed by atoms with Crippen LogP contribution in [0.3, 0.4) is 0 Å². The maximum absolute atomic E-state index is 13.3. The number of halogens is 1. The van der Waals surface area contributed by atoms with Gasteiger partial charge in [0.25, 0.3) is 0 Å². The van der Waals surface area contributed by atoms with Crippen LogP contribution in [0.15, 0.2) is 47.4 Å². The molecule has 1 heterocycles. The summed E-state index contributed by atoms with van der Waals surface area (Å²) in [7, 11) is 1.73. The fourth-order valence-electron chi connectivity index (χ4n) is 2.77. The van der Waals surface area contributed by atoms with E-state index in [0.29, 0.717) is 19.8 Å². The maximum Gasteiger partial charge on any atom is 0.235 e. The molecule has 6 heteroatoms. The number of fused-ring (bicyclic) bond motifs is 1. The van der Waals surface area contributed by atoms with Crippen molar-refractivity contribution in [3.63, 3.8) is 0 Å². The summed E-state index contributed by atoms with van der Waals surface area (Å²) in [5.74, 6) is 1.17. The lowest BCUT2D eigenvalue weighted by molar-refractivity contribution is -0.129. The molecule has 0 spiro atoms. The second-order valence-electron chi connectivity index (χ2n) is 6.24. The van der Waals surface area contributed by atoms with E-state index in [1.54, 1.807) is 18.0 Å². The minimum Gasteiger partial charge on any atom is -0.490 e. The number of nitrogens with zero attached hydrogens (tertiary/aromatic N) is 1. The summed E-state index contributed by atoms with van der Waals surface area (Å²) >= 11 is 1.47. The van der Waals surface area contributed by atoms with E-state index >= 15 is 0 Å². The van der Waals surface area contributed by atoms with Gasteiger partial charge >= 0.3 is 0 Å². The van der Waals surface area contributed by atoms with E-state index in [-0.39, 0.29) is 17.0 Å². The second kappa shape index (κ2) is 8.45. The number of hydrogen-bond acceptors (Lipinski definition) is 4. The molecule has 1 atom stereocenters. The zero-order valence-electron chi connectivity index (χ0n) is 14.9. The van der Waals surface area contributed by atoms with Gasteiger partial charge in [0.15, 0.2) is 11.5 Å². The molecule has 1 unspecified atom stereocenters. The van der Waals surface area contributed by atoms with Gasteiger partial charge in [-0.1, -0.05) is 12.1 Å². The average Bonchev–Trinajstić information content (AvgIpc) is 2.86. The molecule has 0 fully saturated rings. The van der Waals surface area contributed by atoms with Gasteiger partial charge in [-0.05, 0) is 42.8 Å². The normalized spacial score (nSPS) is 14.4. The van der Waals surface area contributed by atoms with Crippen LogP contribution in [0.5, 0.6) is 11.5 Å². The molecule has 0 aromatic heterocycles. The van der Waals surface area contributed by atoms with E-state index in [9.17, 15) is 9.18 Å². The Morgan fingerprint density at radius 1 is 1.19 bits per heavy atom. The molecule has 138 valence electrons. The van der Waals surface area contributed by atoms with Gasteiger partial charge in [-0.2, -0.15) is 0 Å². The largest absolute Gasteiger partial charge is 0.490 e. The summed E-state index contributed by atoms with van der Waals surface area (Å²) in [5.41, 5.74) is 0.772. The molecule has 0 saturated carbocycles. The van der Waals surface area contributed by atoms with E-state index in [1.807, 2.05) is 31.2 Å². The van der Waals surface area contributed by atoms with E-state index in [4.69, 9.17) is 9.47 Å². The summed E-state index contributed by atoms with van der Waals surface area (Å²) < 4.78 is 24.6. The Balaban J connectivity index is 1.62. The predicted octanol–water partition coefficient (Wildman–Crippen LogP) is 4.13. The SMILES string of the molecule is CC(Sc1ccc2c(c1)OCCCO2)C(=O)N(C)Cc1cccc(F)c1. The Bertz CT molecular complexity index is 783. The molecule has 0 aliphatic carbocycles. The number of rotatable bonds is 5. The molecule has 0 N–H and O–H groups in total. The first-order valence-electron chi connectivity index (χ1n) is 8.58. The number of ether oxygens (including phenoxy) is 2. The number of thioether (sulfide) groups is 1. The van der Waals surface area contributed by atoms with E-state index in [1.165, 1.54) is 23.9 Å². The van der Waals surface area contributed by atoms with Gasteiger partial charge in [0.2, 0.25) is 5.91 Å². The Labute approximate surface area is 157 Å². The number of benzene rings is 2. The third-order valence-electron chi connectivity index (χ3n) is 4.06. The summed E-state index contributed by atoms with van der Waals surface area (Å²) in [6.07, 6.45) is 0.858. The molecule has 26 heavy (non-hydrogen) atoms. The Kier molecular flexibility index (Phi) is 6.04. The van der Waals surface area contributed by atoms with Crippen molar-refractivity contribution < 1.29 is 18.7 Å². The van der Waals surface area contributed by atoms with E-state index in [0.717, 1.165) is 28.4 Å². The van der Waals surface area contributed by atoms with E-state index in [2.05, 4.69) is 0 Å². The van der Waals surface area contributed by atoms with Crippen molar-refractivity contribution in [3.8, 4) is 11.5 Å². The standard InChI is InChI=1S/C20H22FNO3S/c1-14(20(23)22(2)13-15-5-3-6-16(21)11-15)26-17-7-8-18-19(12-17)25-10-4-9-24-18/h3,5-8,11-12,14H,4,9-10,13H2,1-2H3. The molecule has 0 saturated heterocycles. The number of carbonyl (C=O) groups is 1. The number of amides is 1. The van der Waals surface area contributed by atoms with Crippen LogP contribution in [0.1, 0.15) is 18.9 Å². The van der Waals surface area contributed by atoms with Crippen LogP contribution in [0.25, 0.3) is 0 Å². The third-order valence-corrected chi connectivity index (χ3v) is 5.15. The number of carbonyl (C=O) groups excluding carboxylic acids is 1. The summed E-state index contributed by atoms with van der Waals surface area (Å²) in [4.78, 5) is 15.2. The molecule has 1 aliphatic heterocycles. The zero-order chi connectivity index (χ0) is 18.5. The smallest absolute Gasteiger partial charge is 0.235 e. The van der Waals surface area contributed by atoms with Crippen molar-refractivity contribution in [2.45, 2.75) is 30.0 Å². The molecular formula is C20H22FNO3S. The van der Waals surface area contributed by atoms with Gasteiger partial charge < -0.3 is 14.4 Å². The first-order valence-corrected chi connectivity index (χ1v) is 9.46. The Morgan fingerprint density at radius 3 is 2.73 bits per heavy atom. The molecule has 0 radical (unpaired) electrons. The van der Waals surface area contributed by atoms with Crippen LogP contribution in [0.4, 0.5) is 4.39 Å². The van der Waals surface area contributed by atoms with Crippen LogP contribution >= 0.6 is 11.8 Å². The minimum absolute atomic E-state index is 0.00799. The van der Waals surface area contributed by atoms with Crippen molar-refractivity contribution in [1.29, 1.82) is 0 Å². The molecule has 1 aliphatic rings. The maximum atomic E-state index is 13.3. The van der Waals surface area contributed by atoms with Crippen molar-refractivity contribution in [2.75, 3.05) is 20.3 Å². The quantitative estimate of drug-likeness (QED) is 0.737. The van der Waals surface area contributed by atoms with Crippen molar-refractivity contribution >= 4 is 17.7 Å². The highest BCUT2D eigenvalue weighted by atomic mass is 32.2. The highest BCUT2D eigenvalue weighted by molar-refractivity contribution is 8.00.